The molecule has 4 heteroatoms. The molecular weight excluding hydrogens is 204 g/mol. The maximum atomic E-state index is 12.0. The Morgan fingerprint density at radius 2 is 2.06 bits per heavy atom. The third-order valence-corrected chi connectivity index (χ3v) is 3.92. The molecule has 1 heterocycles. The molecule has 2 fully saturated rings. The van der Waals surface area contributed by atoms with Crippen LogP contribution >= 0.6 is 0 Å². The van der Waals surface area contributed by atoms with E-state index in [4.69, 9.17) is 5.11 Å². The van der Waals surface area contributed by atoms with Crippen molar-refractivity contribution in [2.24, 2.45) is 5.92 Å². The molecule has 2 N–H and O–H groups in total. The van der Waals surface area contributed by atoms with E-state index in [0.717, 1.165) is 38.8 Å². The third-order valence-electron chi connectivity index (χ3n) is 3.92. The number of aliphatic hydroxyl groups excluding tert-OH is 1. The number of nitrogens with zero attached hydrogens (tertiary/aromatic N) is 1. The van der Waals surface area contributed by atoms with Gasteiger partial charge in [-0.15, -0.1) is 0 Å². The van der Waals surface area contributed by atoms with Gasteiger partial charge in [0.1, 0.15) is 0 Å². The molecule has 0 aromatic rings. The van der Waals surface area contributed by atoms with Gasteiger partial charge in [-0.1, -0.05) is 0 Å². The van der Waals surface area contributed by atoms with Gasteiger partial charge in [0.2, 0.25) is 5.91 Å². The first-order valence-corrected chi connectivity index (χ1v) is 6.27. The maximum Gasteiger partial charge on any atom is 0.223 e. The number of likely N-dealkylation sites (tertiary alicyclic amines) is 1. The molecule has 4 nitrogen and oxygen atoms in total. The lowest BCUT2D eigenvalue weighted by atomic mass is 9.95. The zero-order valence-corrected chi connectivity index (χ0v) is 10.0. The highest BCUT2D eigenvalue weighted by molar-refractivity contribution is 5.80. The van der Waals surface area contributed by atoms with Crippen LogP contribution in [0.1, 0.15) is 32.1 Å². The van der Waals surface area contributed by atoms with E-state index < -0.39 is 0 Å². The minimum atomic E-state index is -0.0464. The molecule has 16 heavy (non-hydrogen) atoms. The molecule has 0 unspecified atom stereocenters. The molecule has 0 atom stereocenters. The van der Waals surface area contributed by atoms with Crippen molar-refractivity contribution in [3.8, 4) is 0 Å². The normalized spacial score (nSPS) is 25.4. The molecule has 1 amide bonds. The van der Waals surface area contributed by atoms with Crippen LogP contribution in [0.3, 0.4) is 0 Å². The topological polar surface area (TPSA) is 52.6 Å². The van der Waals surface area contributed by atoms with Gasteiger partial charge in [-0.2, -0.15) is 0 Å². The molecule has 92 valence electrons. The molecule has 0 spiro atoms. The van der Waals surface area contributed by atoms with Crippen LogP contribution in [0.15, 0.2) is 0 Å². The van der Waals surface area contributed by atoms with Crippen molar-refractivity contribution in [1.29, 1.82) is 0 Å². The first kappa shape index (κ1) is 11.9. The fraction of sp³-hybridized carbons (Fsp3) is 0.917. The minimum absolute atomic E-state index is 0.0464. The number of aliphatic hydroxyl groups is 1. The summed E-state index contributed by atoms with van der Waals surface area (Å²) in [7, 11) is 2.10. The molecule has 1 saturated heterocycles. The van der Waals surface area contributed by atoms with Crippen molar-refractivity contribution in [2.45, 2.75) is 37.6 Å². The van der Waals surface area contributed by atoms with Gasteiger partial charge in [-0.05, 0) is 52.2 Å². The van der Waals surface area contributed by atoms with Crippen molar-refractivity contribution >= 4 is 5.91 Å². The van der Waals surface area contributed by atoms with E-state index >= 15 is 0 Å². The molecular formula is C12H22N2O2. The highest BCUT2D eigenvalue weighted by Gasteiger charge is 2.44. The lowest BCUT2D eigenvalue weighted by Gasteiger charge is -2.29. The number of hydrogen-bond donors (Lipinski definition) is 2. The second-order valence-corrected chi connectivity index (χ2v) is 5.32. The van der Waals surface area contributed by atoms with Gasteiger partial charge >= 0.3 is 0 Å². The predicted molar refractivity (Wildman–Crippen MR) is 62.0 cm³/mol. The van der Waals surface area contributed by atoms with E-state index in [-0.39, 0.29) is 24.0 Å². The number of piperidine rings is 1. The molecule has 0 radical (unpaired) electrons. The van der Waals surface area contributed by atoms with Gasteiger partial charge in [0.25, 0.3) is 0 Å². The first-order valence-electron chi connectivity index (χ1n) is 6.27. The Labute approximate surface area is 97.0 Å². The van der Waals surface area contributed by atoms with Crippen LogP contribution in [0.2, 0.25) is 0 Å². The molecule has 2 rings (SSSR count). The van der Waals surface area contributed by atoms with Gasteiger partial charge in [-0.25, -0.2) is 0 Å². The lowest BCUT2D eigenvalue weighted by Crippen LogP contribution is -2.44. The SMILES string of the molecule is CN1CCC(C(=O)NC2(CCO)CC2)CC1. The van der Waals surface area contributed by atoms with Crippen molar-refractivity contribution in [1.82, 2.24) is 10.2 Å². The average molecular weight is 226 g/mol. The summed E-state index contributed by atoms with van der Waals surface area (Å²) in [6.07, 6.45) is 4.72. The number of amides is 1. The van der Waals surface area contributed by atoms with Crippen LogP contribution in [-0.2, 0) is 4.79 Å². The van der Waals surface area contributed by atoms with Gasteiger partial charge < -0.3 is 15.3 Å². The number of carbonyl (C=O) groups excluding carboxylic acids is 1. The second-order valence-electron chi connectivity index (χ2n) is 5.32. The smallest absolute Gasteiger partial charge is 0.223 e. The van der Waals surface area contributed by atoms with Gasteiger partial charge in [0.05, 0.1) is 0 Å². The Hall–Kier alpha value is -0.610. The van der Waals surface area contributed by atoms with Crippen LogP contribution in [0.4, 0.5) is 0 Å². The predicted octanol–water partition coefficient (Wildman–Crippen LogP) is 0.359. The van der Waals surface area contributed by atoms with Crippen LogP contribution in [0.25, 0.3) is 0 Å². The second kappa shape index (κ2) is 4.72. The number of rotatable bonds is 4. The average Bonchev–Trinajstić information content (AvgIpc) is 2.99. The largest absolute Gasteiger partial charge is 0.396 e. The molecule has 0 bridgehead atoms. The number of nitrogens with one attached hydrogen (secondary N) is 1. The van der Waals surface area contributed by atoms with Crippen LogP contribution < -0.4 is 5.32 Å². The fourth-order valence-corrected chi connectivity index (χ4v) is 2.44. The first-order chi connectivity index (χ1) is 7.65. The molecule has 1 aliphatic heterocycles. The summed E-state index contributed by atoms with van der Waals surface area (Å²) in [6, 6.07) is 0. The molecule has 0 aromatic heterocycles. The molecule has 2 aliphatic rings. The van der Waals surface area contributed by atoms with Crippen molar-refractivity contribution in [3.63, 3.8) is 0 Å². The highest BCUT2D eigenvalue weighted by atomic mass is 16.3. The maximum absolute atomic E-state index is 12.0. The molecule has 1 aliphatic carbocycles. The third kappa shape index (κ3) is 2.74. The summed E-state index contributed by atoms with van der Waals surface area (Å²) in [5, 5.41) is 12.1. The van der Waals surface area contributed by atoms with Crippen molar-refractivity contribution in [2.75, 3.05) is 26.7 Å². The zero-order chi connectivity index (χ0) is 11.6. The summed E-state index contributed by atoms with van der Waals surface area (Å²) in [5.74, 6) is 0.395. The van der Waals surface area contributed by atoms with Crippen molar-refractivity contribution in [3.05, 3.63) is 0 Å². The van der Waals surface area contributed by atoms with Crippen molar-refractivity contribution < 1.29 is 9.90 Å². The molecule has 1 saturated carbocycles. The Morgan fingerprint density at radius 1 is 1.44 bits per heavy atom. The van der Waals surface area contributed by atoms with E-state index in [9.17, 15) is 4.79 Å². The summed E-state index contributed by atoms with van der Waals surface area (Å²) < 4.78 is 0. The minimum Gasteiger partial charge on any atom is -0.396 e. The number of carbonyl (C=O) groups is 1. The fourth-order valence-electron chi connectivity index (χ4n) is 2.44. The Kier molecular flexibility index (Phi) is 3.50. The summed E-state index contributed by atoms with van der Waals surface area (Å²) in [6.45, 7) is 2.21. The van der Waals surface area contributed by atoms with E-state index in [1.54, 1.807) is 0 Å². The van der Waals surface area contributed by atoms with E-state index in [0.29, 0.717) is 6.42 Å². The standard InChI is InChI=1S/C12H22N2O2/c1-14-7-2-10(3-8-14)11(16)13-12(4-5-12)6-9-15/h10,15H,2-9H2,1H3,(H,13,16). The Balaban J connectivity index is 1.79. The summed E-state index contributed by atoms with van der Waals surface area (Å²) in [4.78, 5) is 14.3. The van der Waals surface area contributed by atoms with Crippen LogP contribution in [-0.4, -0.2) is 48.2 Å². The quantitative estimate of drug-likeness (QED) is 0.728. The molecule has 0 aromatic carbocycles. The lowest BCUT2D eigenvalue weighted by molar-refractivity contribution is -0.127. The van der Waals surface area contributed by atoms with Crippen LogP contribution in [0.5, 0.6) is 0 Å². The van der Waals surface area contributed by atoms with E-state index in [1.165, 1.54) is 0 Å². The summed E-state index contributed by atoms with van der Waals surface area (Å²) >= 11 is 0. The monoisotopic (exact) mass is 226 g/mol. The van der Waals surface area contributed by atoms with Gasteiger partial charge in [-0.3, -0.25) is 4.79 Å². The zero-order valence-electron chi connectivity index (χ0n) is 10.0. The van der Waals surface area contributed by atoms with Crippen LogP contribution in [0, 0.1) is 5.92 Å². The Bertz CT molecular complexity index is 256. The Morgan fingerprint density at radius 3 is 2.56 bits per heavy atom. The number of hydrogen-bond acceptors (Lipinski definition) is 3. The van der Waals surface area contributed by atoms with E-state index in [1.807, 2.05) is 0 Å². The van der Waals surface area contributed by atoms with Gasteiger partial charge in [0, 0.05) is 18.1 Å². The van der Waals surface area contributed by atoms with Gasteiger partial charge in [0.15, 0.2) is 0 Å². The summed E-state index contributed by atoms with van der Waals surface area (Å²) in [5.41, 5.74) is -0.0464. The highest BCUT2D eigenvalue weighted by Crippen LogP contribution is 2.38. The van der Waals surface area contributed by atoms with E-state index in [2.05, 4.69) is 17.3 Å².